The van der Waals surface area contributed by atoms with Gasteiger partial charge in [-0.2, -0.15) is 0 Å². The summed E-state index contributed by atoms with van der Waals surface area (Å²) in [4.78, 5) is 19.5. The number of rotatable bonds is 4. The fourth-order valence-electron chi connectivity index (χ4n) is 0.353. The number of carbonyl (C=O) groups excluding carboxylic acids is 1. The van der Waals surface area contributed by atoms with E-state index in [1.54, 1.807) is 13.8 Å². The lowest BCUT2D eigenvalue weighted by atomic mass is 10.9. The molecular formula is C5H15N2O5P. The summed E-state index contributed by atoms with van der Waals surface area (Å²) in [6.07, 6.45) is 0. The lowest BCUT2D eigenvalue weighted by Gasteiger charge is -2.20. The number of primary amides is 1. The van der Waals surface area contributed by atoms with Crippen LogP contribution in [-0.2, 0) is 13.6 Å². The van der Waals surface area contributed by atoms with Crippen LogP contribution < -0.4 is 16.4 Å². The molecule has 80 valence electrons. The predicted octanol–water partition coefficient (Wildman–Crippen LogP) is -1.17. The van der Waals surface area contributed by atoms with Crippen LogP contribution in [0.3, 0.4) is 0 Å². The van der Waals surface area contributed by atoms with Gasteiger partial charge >= 0.3 is 6.03 Å². The van der Waals surface area contributed by atoms with E-state index in [1.807, 2.05) is 0 Å². The van der Waals surface area contributed by atoms with Gasteiger partial charge in [-0.25, -0.2) is 4.79 Å². The molecule has 0 aromatic carbocycles. The van der Waals surface area contributed by atoms with Crippen LogP contribution in [0.5, 0.6) is 0 Å². The monoisotopic (exact) mass is 214 g/mol. The predicted molar refractivity (Wildman–Crippen MR) is 43.3 cm³/mol. The fraction of sp³-hybridized carbons (Fsp3) is 0.800. The van der Waals surface area contributed by atoms with E-state index in [1.165, 1.54) is 0 Å². The third-order valence-electron chi connectivity index (χ3n) is 0.574. The van der Waals surface area contributed by atoms with Crippen molar-refractivity contribution in [2.45, 2.75) is 13.8 Å². The van der Waals surface area contributed by atoms with Crippen LogP contribution in [0.4, 0.5) is 4.79 Å². The first-order chi connectivity index (χ1) is 5.85. The molecule has 0 rings (SSSR count). The first-order valence-corrected chi connectivity index (χ1v) is 5.03. The number of amides is 2. The maximum atomic E-state index is 10.4. The second-order valence-electron chi connectivity index (χ2n) is 1.75. The van der Waals surface area contributed by atoms with Crippen molar-refractivity contribution >= 4 is 13.9 Å². The molecule has 0 atom stereocenters. The Balaban J connectivity index is 0. The van der Waals surface area contributed by atoms with Crippen LogP contribution in [-0.4, -0.2) is 19.2 Å². The molecule has 8 heteroatoms. The molecular weight excluding hydrogens is 199 g/mol. The van der Waals surface area contributed by atoms with E-state index in [0.717, 1.165) is 0 Å². The molecule has 0 aliphatic carbocycles. The molecule has 0 bridgehead atoms. The average molecular weight is 214 g/mol. The Bertz CT molecular complexity index is 172. The van der Waals surface area contributed by atoms with Gasteiger partial charge in [0.2, 0.25) is 0 Å². The topological polar surface area (TPSA) is 129 Å². The molecule has 7 nitrogen and oxygen atoms in total. The van der Waals surface area contributed by atoms with Gasteiger partial charge in [-0.15, -0.1) is 0 Å². The number of phosphoric acid groups is 1. The maximum absolute atomic E-state index is 10.4. The highest BCUT2D eigenvalue weighted by Crippen LogP contribution is 2.37. The Labute approximate surface area is 76.6 Å². The van der Waals surface area contributed by atoms with E-state index >= 15 is 0 Å². The number of nitrogens with two attached hydrogens (primary N) is 1. The summed E-state index contributed by atoms with van der Waals surface area (Å²) in [6.45, 7) is 3.43. The van der Waals surface area contributed by atoms with E-state index < -0.39 is 13.9 Å². The van der Waals surface area contributed by atoms with E-state index in [4.69, 9.17) is 4.79 Å². The third kappa shape index (κ3) is 18.5. The molecule has 0 spiro atoms. The second kappa shape index (κ2) is 8.15. The number of urea groups is 1. The fourth-order valence-corrected chi connectivity index (χ4v) is 1.06. The molecule has 0 saturated heterocycles. The molecule has 0 aromatic rings. The number of quaternary nitrogens is 1. The Morgan fingerprint density at radius 1 is 1.46 bits per heavy atom. The van der Waals surface area contributed by atoms with Crippen LogP contribution in [0.25, 0.3) is 0 Å². The maximum Gasteiger partial charge on any atom is 0.409 e. The van der Waals surface area contributed by atoms with Gasteiger partial charge in [-0.05, 0) is 13.8 Å². The van der Waals surface area contributed by atoms with E-state index in [-0.39, 0.29) is 13.2 Å². The quantitative estimate of drug-likeness (QED) is 0.570. The zero-order valence-electron chi connectivity index (χ0n) is 7.69. The standard InChI is InChI=1S/C4H11O4P.CH4N2O/c1-3-7-9(5,6)8-4-2;2-1(3)4/h3-4H2,1-2H3,(H,5,6);(H4,2,3,4). The van der Waals surface area contributed by atoms with E-state index in [9.17, 15) is 9.46 Å². The van der Waals surface area contributed by atoms with Gasteiger partial charge < -0.3 is 19.7 Å². The summed E-state index contributed by atoms with van der Waals surface area (Å²) in [7, 11) is -3.94. The van der Waals surface area contributed by atoms with Crippen LogP contribution in [0.15, 0.2) is 0 Å². The summed E-state index contributed by atoms with van der Waals surface area (Å²) in [6, 6.07) is -0.583. The van der Waals surface area contributed by atoms with Crippen molar-refractivity contribution in [1.29, 1.82) is 0 Å². The molecule has 0 aliphatic heterocycles. The normalized spacial score (nSPS) is 10.2. The van der Waals surface area contributed by atoms with E-state index in [0.29, 0.717) is 0 Å². The van der Waals surface area contributed by atoms with Gasteiger partial charge in [0.05, 0.1) is 13.2 Å². The van der Waals surface area contributed by atoms with Crippen LogP contribution in [0.2, 0.25) is 0 Å². The Morgan fingerprint density at radius 3 is 1.85 bits per heavy atom. The highest BCUT2D eigenvalue weighted by atomic mass is 31.2. The Morgan fingerprint density at radius 2 is 1.69 bits per heavy atom. The van der Waals surface area contributed by atoms with Gasteiger partial charge in [0.1, 0.15) is 0 Å². The van der Waals surface area contributed by atoms with Crippen LogP contribution in [0.1, 0.15) is 13.8 Å². The lowest BCUT2D eigenvalue weighted by Crippen LogP contribution is -2.60. The zero-order valence-corrected chi connectivity index (χ0v) is 8.58. The van der Waals surface area contributed by atoms with E-state index in [2.05, 4.69) is 20.5 Å². The molecule has 0 fully saturated rings. The molecule has 0 aliphatic rings. The van der Waals surface area contributed by atoms with Crippen molar-refractivity contribution in [2.75, 3.05) is 13.2 Å². The van der Waals surface area contributed by atoms with Gasteiger partial charge in [-0.3, -0.25) is 10.3 Å². The molecule has 5 N–H and O–H groups in total. The van der Waals surface area contributed by atoms with Crippen molar-refractivity contribution < 1.29 is 29.0 Å². The smallest absolute Gasteiger partial charge is 0.409 e. The Kier molecular flexibility index (Phi) is 9.43. The SMILES string of the molecule is CCOP(=O)([O-])OCC.NC([NH3+])=O. The molecule has 0 radical (unpaired) electrons. The first kappa shape index (κ1) is 15.0. The summed E-state index contributed by atoms with van der Waals surface area (Å²) in [5, 5.41) is 0. The first-order valence-electron chi connectivity index (χ1n) is 3.57. The highest BCUT2D eigenvalue weighted by Gasteiger charge is 2.04. The lowest BCUT2D eigenvalue weighted by molar-refractivity contribution is -0.245. The van der Waals surface area contributed by atoms with Crippen molar-refractivity contribution in [3.8, 4) is 0 Å². The third-order valence-corrected chi connectivity index (χ3v) is 1.72. The van der Waals surface area contributed by atoms with Gasteiger partial charge in [0, 0.05) is 0 Å². The molecule has 0 unspecified atom stereocenters. The van der Waals surface area contributed by atoms with Gasteiger partial charge in [0.15, 0.2) is 0 Å². The van der Waals surface area contributed by atoms with Gasteiger partial charge in [-0.1, -0.05) is 0 Å². The second-order valence-corrected chi connectivity index (χ2v) is 3.16. The molecule has 13 heavy (non-hydrogen) atoms. The van der Waals surface area contributed by atoms with Crippen LogP contribution >= 0.6 is 7.82 Å². The highest BCUT2D eigenvalue weighted by molar-refractivity contribution is 7.45. The summed E-state index contributed by atoms with van der Waals surface area (Å²) in [5.41, 5.74) is 7.14. The van der Waals surface area contributed by atoms with Crippen molar-refractivity contribution in [3.05, 3.63) is 0 Å². The molecule has 0 heterocycles. The average Bonchev–Trinajstić information content (AvgIpc) is 1.84. The van der Waals surface area contributed by atoms with Crippen molar-refractivity contribution in [1.82, 2.24) is 0 Å². The minimum absolute atomic E-state index is 0.126. The number of hydrogen-bond donors (Lipinski definition) is 2. The van der Waals surface area contributed by atoms with Crippen molar-refractivity contribution in [3.63, 3.8) is 0 Å². The molecule has 2 amide bonds. The van der Waals surface area contributed by atoms with Crippen molar-refractivity contribution in [2.24, 2.45) is 5.73 Å². The summed E-state index contributed by atoms with van der Waals surface area (Å²) < 4.78 is 18.9. The van der Waals surface area contributed by atoms with Gasteiger partial charge in [0.25, 0.3) is 7.82 Å². The number of carbonyl (C=O) groups is 1. The number of hydrogen-bond acceptors (Lipinski definition) is 5. The molecule has 0 aromatic heterocycles. The summed E-state index contributed by atoms with van der Waals surface area (Å²) in [5.74, 6) is 0. The zero-order chi connectivity index (χ0) is 10.9. The largest absolute Gasteiger partial charge is 0.756 e. The minimum atomic E-state index is -3.94. The summed E-state index contributed by atoms with van der Waals surface area (Å²) >= 11 is 0. The van der Waals surface area contributed by atoms with Crippen LogP contribution in [0, 0.1) is 0 Å². The molecule has 0 saturated carbocycles. The Hall–Kier alpha value is -0.460. The number of phosphoric ester groups is 1. The minimum Gasteiger partial charge on any atom is -0.756 e.